The second-order valence-electron chi connectivity index (χ2n) is 5.49. The van der Waals surface area contributed by atoms with Gasteiger partial charge in [-0.2, -0.15) is 0 Å². The normalized spacial score (nSPS) is 11.3. The van der Waals surface area contributed by atoms with Crippen LogP contribution in [0.15, 0.2) is 35.2 Å². The molecule has 0 atom stereocenters. The minimum Gasteiger partial charge on any atom is -0.495 e. The van der Waals surface area contributed by atoms with Gasteiger partial charge in [0.05, 0.1) is 7.11 Å². The standard InChI is InChI=1S/C17H21NO3S/c1-11-6-7-15(8-12(11)2)18-22(19,20)17-10-14(4)13(3)9-16(17)21-5/h6-10,18H,1-5H3. The summed E-state index contributed by atoms with van der Waals surface area (Å²) in [4.78, 5) is 0.149. The smallest absolute Gasteiger partial charge is 0.265 e. The zero-order valence-corrected chi connectivity index (χ0v) is 14.3. The maximum absolute atomic E-state index is 12.6. The third-order valence-electron chi connectivity index (χ3n) is 3.83. The van der Waals surface area contributed by atoms with Gasteiger partial charge >= 0.3 is 0 Å². The van der Waals surface area contributed by atoms with E-state index in [4.69, 9.17) is 4.74 Å². The van der Waals surface area contributed by atoms with E-state index in [1.165, 1.54) is 7.11 Å². The summed E-state index contributed by atoms with van der Waals surface area (Å²) in [5.41, 5.74) is 4.59. The average molecular weight is 319 g/mol. The zero-order chi connectivity index (χ0) is 16.5. The molecule has 0 spiro atoms. The van der Waals surface area contributed by atoms with Gasteiger partial charge in [0.25, 0.3) is 10.0 Å². The highest BCUT2D eigenvalue weighted by molar-refractivity contribution is 7.92. The largest absolute Gasteiger partial charge is 0.495 e. The fraction of sp³-hybridized carbons (Fsp3) is 0.294. The van der Waals surface area contributed by atoms with Gasteiger partial charge in [-0.25, -0.2) is 8.42 Å². The monoisotopic (exact) mass is 319 g/mol. The molecule has 22 heavy (non-hydrogen) atoms. The number of nitrogens with one attached hydrogen (secondary N) is 1. The Morgan fingerprint density at radius 2 is 1.45 bits per heavy atom. The maximum Gasteiger partial charge on any atom is 0.265 e. The number of hydrogen-bond donors (Lipinski definition) is 1. The number of methoxy groups -OCH3 is 1. The summed E-state index contributed by atoms with van der Waals surface area (Å²) in [5.74, 6) is 0.347. The van der Waals surface area contributed by atoms with Crippen molar-refractivity contribution in [2.24, 2.45) is 0 Å². The Hall–Kier alpha value is -2.01. The van der Waals surface area contributed by atoms with Gasteiger partial charge in [0, 0.05) is 5.69 Å². The fourth-order valence-corrected chi connectivity index (χ4v) is 3.43. The van der Waals surface area contributed by atoms with Crippen molar-refractivity contribution < 1.29 is 13.2 Å². The van der Waals surface area contributed by atoms with E-state index in [0.29, 0.717) is 11.4 Å². The quantitative estimate of drug-likeness (QED) is 0.934. The van der Waals surface area contributed by atoms with Crippen LogP contribution in [-0.2, 0) is 10.0 Å². The molecule has 4 nitrogen and oxygen atoms in total. The number of ether oxygens (including phenoxy) is 1. The minimum atomic E-state index is -3.70. The first-order chi connectivity index (χ1) is 10.2. The number of sulfonamides is 1. The topological polar surface area (TPSA) is 55.4 Å². The van der Waals surface area contributed by atoms with Gasteiger partial charge in [-0.05, 0) is 74.2 Å². The highest BCUT2D eigenvalue weighted by Crippen LogP contribution is 2.29. The molecule has 0 saturated heterocycles. The summed E-state index contributed by atoms with van der Waals surface area (Å²) in [5, 5.41) is 0. The van der Waals surface area contributed by atoms with E-state index in [1.807, 2.05) is 39.8 Å². The van der Waals surface area contributed by atoms with E-state index in [1.54, 1.807) is 18.2 Å². The van der Waals surface area contributed by atoms with Crippen molar-refractivity contribution in [3.63, 3.8) is 0 Å². The number of rotatable bonds is 4. The summed E-state index contributed by atoms with van der Waals surface area (Å²) in [6.45, 7) is 7.73. The molecule has 0 fully saturated rings. The van der Waals surface area contributed by atoms with Crippen molar-refractivity contribution in [1.82, 2.24) is 0 Å². The molecule has 5 heteroatoms. The molecule has 0 unspecified atom stereocenters. The number of anilines is 1. The van der Waals surface area contributed by atoms with Gasteiger partial charge < -0.3 is 4.74 Å². The van der Waals surface area contributed by atoms with Crippen LogP contribution in [0.3, 0.4) is 0 Å². The lowest BCUT2D eigenvalue weighted by Crippen LogP contribution is -2.14. The molecular formula is C17H21NO3S. The molecule has 0 heterocycles. The van der Waals surface area contributed by atoms with E-state index in [9.17, 15) is 8.42 Å². The van der Waals surface area contributed by atoms with Gasteiger partial charge in [0.15, 0.2) is 0 Å². The zero-order valence-electron chi connectivity index (χ0n) is 13.5. The van der Waals surface area contributed by atoms with Crippen LogP contribution in [0.25, 0.3) is 0 Å². The second-order valence-corrected chi connectivity index (χ2v) is 7.14. The Kier molecular flexibility index (Phi) is 4.47. The highest BCUT2D eigenvalue weighted by atomic mass is 32.2. The first-order valence-electron chi connectivity index (χ1n) is 7.00. The highest BCUT2D eigenvalue weighted by Gasteiger charge is 2.21. The van der Waals surface area contributed by atoms with E-state index in [2.05, 4.69) is 4.72 Å². The van der Waals surface area contributed by atoms with E-state index in [0.717, 1.165) is 22.3 Å². The van der Waals surface area contributed by atoms with E-state index >= 15 is 0 Å². The molecule has 0 amide bonds. The molecule has 0 aromatic heterocycles. The fourth-order valence-electron chi connectivity index (χ4n) is 2.15. The van der Waals surface area contributed by atoms with E-state index < -0.39 is 10.0 Å². The predicted molar refractivity (Wildman–Crippen MR) is 89.2 cm³/mol. The van der Waals surface area contributed by atoms with Crippen LogP contribution in [0.4, 0.5) is 5.69 Å². The Morgan fingerprint density at radius 3 is 2.05 bits per heavy atom. The van der Waals surface area contributed by atoms with Gasteiger partial charge in [0.1, 0.15) is 10.6 Å². The maximum atomic E-state index is 12.6. The van der Waals surface area contributed by atoms with Crippen LogP contribution in [-0.4, -0.2) is 15.5 Å². The first-order valence-corrected chi connectivity index (χ1v) is 8.48. The SMILES string of the molecule is COc1cc(C)c(C)cc1S(=O)(=O)Nc1ccc(C)c(C)c1. The molecule has 0 aliphatic heterocycles. The molecular weight excluding hydrogens is 298 g/mol. The molecule has 0 aliphatic carbocycles. The number of aryl methyl sites for hydroxylation is 4. The van der Waals surface area contributed by atoms with Gasteiger partial charge in [0.2, 0.25) is 0 Å². The van der Waals surface area contributed by atoms with Crippen molar-refractivity contribution in [2.75, 3.05) is 11.8 Å². The van der Waals surface area contributed by atoms with Crippen LogP contribution in [0, 0.1) is 27.7 Å². The van der Waals surface area contributed by atoms with Gasteiger partial charge in [-0.3, -0.25) is 4.72 Å². The Labute approximate surface area is 132 Å². The molecule has 1 N–H and O–H groups in total. The average Bonchev–Trinajstić information content (AvgIpc) is 2.45. The van der Waals surface area contributed by atoms with E-state index in [-0.39, 0.29) is 4.90 Å². The molecule has 2 aromatic rings. The Morgan fingerprint density at radius 1 is 0.864 bits per heavy atom. The van der Waals surface area contributed by atoms with Crippen molar-refractivity contribution in [3.8, 4) is 5.75 Å². The minimum absolute atomic E-state index is 0.149. The van der Waals surface area contributed by atoms with Crippen molar-refractivity contribution in [2.45, 2.75) is 32.6 Å². The molecule has 0 saturated carbocycles. The first kappa shape index (κ1) is 16.4. The van der Waals surface area contributed by atoms with Crippen molar-refractivity contribution in [3.05, 3.63) is 52.6 Å². The summed E-state index contributed by atoms with van der Waals surface area (Å²) in [6.07, 6.45) is 0. The molecule has 0 aliphatic rings. The summed E-state index contributed by atoms with van der Waals surface area (Å²) in [7, 11) is -2.23. The van der Waals surface area contributed by atoms with Crippen molar-refractivity contribution in [1.29, 1.82) is 0 Å². The molecule has 0 bridgehead atoms. The second kappa shape index (κ2) is 6.01. The lowest BCUT2D eigenvalue weighted by molar-refractivity contribution is 0.402. The van der Waals surface area contributed by atoms with Crippen molar-refractivity contribution >= 4 is 15.7 Å². The number of benzene rings is 2. The predicted octanol–water partition coefficient (Wildman–Crippen LogP) is 3.73. The lowest BCUT2D eigenvalue weighted by Gasteiger charge is -2.14. The summed E-state index contributed by atoms with van der Waals surface area (Å²) < 4.78 is 33.1. The van der Waals surface area contributed by atoms with Crippen LogP contribution < -0.4 is 9.46 Å². The van der Waals surface area contributed by atoms with Gasteiger partial charge in [-0.15, -0.1) is 0 Å². The lowest BCUT2D eigenvalue weighted by atomic mass is 10.1. The Bertz CT molecular complexity index is 811. The third-order valence-corrected chi connectivity index (χ3v) is 5.23. The Balaban J connectivity index is 2.46. The van der Waals surface area contributed by atoms with Crippen LogP contribution >= 0.6 is 0 Å². The van der Waals surface area contributed by atoms with Crippen LogP contribution in [0.1, 0.15) is 22.3 Å². The van der Waals surface area contributed by atoms with Crippen LogP contribution in [0.2, 0.25) is 0 Å². The van der Waals surface area contributed by atoms with Gasteiger partial charge in [-0.1, -0.05) is 6.07 Å². The third kappa shape index (κ3) is 3.25. The molecule has 118 valence electrons. The summed E-state index contributed by atoms with van der Waals surface area (Å²) in [6, 6.07) is 8.85. The number of hydrogen-bond acceptors (Lipinski definition) is 3. The van der Waals surface area contributed by atoms with Crippen LogP contribution in [0.5, 0.6) is 5.75 Å². The molecule has 2 rings (SSSR count). The molecule has 0 radical (unpaired) electrons. The molecule has 2 aromatic carbocycles. The summed E-state index contributed by atoms with van der Waals surface area (Å²) >= 11 is 0.